The molecule has 6 rings (SSSR count). The van der Waals surface area contributed by atoms with Crippen molar-refractivity contribution in [3.05, 3.63) is 46.6 Å². The Bertz CT molecular complexity index is 1210. The summed E-state index contributed by atoms with van der Waals surface area (Å²) >= 11 is 6.29. The fraction of sp³-hybridized carbons (Fsp3) is 0.645. The zero-order valence-electron chi connectivity index (χ0n) is 24.0. The monoisotopic (exact) mass is 598 g/mol. The van der Waals surface area contributed by atoms with Crippen LogP contribution in [0.2, 0.25) is 5.02 Å². The average molecular weight is 599 g/mol. The summed E-state index contributed by atoms with van der Waals surface area (Å²) in [5.74, 6) is 2.66. The molecule has 6 N–H and O–H groups in total. The Morgan fingerprint density at radius 3 is 2.31 bits per heavy atom. The second kappa shape index (κ2) is 13.8. The smallest absolute Gasteiger partial charge is 0.224 e. The van der Waals surface area contributed by atoms with Crippen molar-refractivity contribution in [1.29, 1.82) is 5.26 Å². The molecule has 1 unspecified atom stereocenters. The SMILES string of the molecule is N#Cc1cnc(NCc2ccccc2Cl)nc1NC[C@]12CC3C[C@H](C1)[C@@H](N(CC[C@H](O)CO)CC[C@H](O)CO)[C@@H](C3)C2. The van der Waals surface area contributed by atoms with E-state index in [1.165, 1.54) is 12.8 Å². The van der Waals surface area contributed by atoms with Gasteiger partial charge < -0.3 is 31.1 Å². The summed E-state index contributed by atoms with van der Waals surface area (Å²) in [7, 11) is 0. The van der Waals surface area contributed by atoms with Gasteiger partial charge >= 0.3 is 0 Å². The average Bonchev–Trinajstić information content (AvgIpc) is 2.99. The van der Waals surface area contributed by atoms with Crippen molar-refractivity contribution in [1.82, 2.24) is 14.9 Å². The zero-order chi connectivity index (χ0) is 29.7. The van der Waals surface area contributed by atoms with Crippen molar-refractivity contribution in [2.45, 2.75) is 69.7 Å². The molecule has 0 saturated heterocycles. The van der Waals surface area contributed by atoms with E-state index in [0.29, 0.717) is 78.6 Å². The van der Waals surface area contributed by atoms with Crippen molar-refractivity contribution in [2.75, 3.05) is 43.5 Å². The second-order valence-electron chi connectivity index (χ2n) is 12.6. The van der Waals surface area contributed by atoms with Crippen LogP contribution in [0, 0.1) is 34.5 Å². The van der Waals surface area contributed by atoms with Crippen LogP contribution in [0.1, 0.15) is 56.1 Å². The lowest BCUT2D eigenvalue weighted by Crippen LogP contribution is -2.61. The molecule has 0 aliphatic heterocycles. The lowest BCUT2D eigenvalue weighted by Gasteiger charge is -2.62. The first kappa shape index (κ1) is 30.9. The minimum Gasteiger partial charge on any atom is -0.394 e. The van der Waals surface area contributed by atoms with Crippen molar-refractivity contribution < 1.29 is 20.4 Å². The fourth-order valence-corrected chi connectivity index (χ4v) is 8.17. The Balaban J connectivity index is 1.26. The van der Waals surface area contributed by atoms with Crippen LogP contribution in [-0.4, -0.2) is 86.4 Å². The van der Waals surface area contributed by atoms with E-state index in [4.69, 9.17) is 11.6 Å². The fourth-order valence-electron chi connectivity index (χ4n) is 7.97. The van der Waals surface area contributed by atoms with Gasteiger partial charge in [0.1, 0.15) is 17.5 Å². The van der Waals surface area contributed by atoms with Gasteiger partial charge in [0.2, 0.25) is 5.95 Å². The van der Waals surface area contributed by atoms with E-state index in [9.17, 15) is 25.7 Å². The molecule has 4 aliphatic carbocycles. The highest BCUT2D eigenvalue weighted by atomic mass is 35.5. The predicted octanol–water partition coefficient (Wildman–Crippen LogP) is 3.01. The van der Waals surface area contributed by atoms with Gasteiger partial charge in [0.05, 0.1) is 31.6 Å². The Labute approximate surface area is 252 Å². The van der Waals surface area contributed by atoms with Gasteiger partial charge in [-0.2, -0.15) is 10.2 Å². The molecule has 0 spiro atoms. The molecule has 0 amide bonds. The normalized spacial score (nSPS) is 27.5. The number of nitriles is 1. The highest BCUT2D eigenvalue weighted by Crippen LogP contribution is 2.61. The summed E-state index contributed by atoms with van der Waals surface area (Å²) in [5, 5.41) is 56.0. The lowest BCUT2D eigenvalue weighted by molar-refractivity contribution is -0.110. The van der Waals surface area contributed by atoms with Crippen LogP contribution in [-0.2, 0) is 6.54 Å². The first-order chi connectivity index (χ1) is 20.3. The lowest BCUT2D eigenvalue weighted by atomic mass is 9.47. The Morgan fingerprint density at radius 1 is 1.02 bits per heavy atom. The third-order valence-corrected chi connectivity index (χ3v) is 10.00. The molecular formula is C31H43ClN6O4. The molecule has 10 nitrogen and oxygen atoms in total. The summed E-state index contributed by atoms with van der Waals surface area (Å²) in [5.41, 5.74) is 1.48. The van der Waals surface area contributed by atoms with Gasteiger partial charge in [-0.05, 0) is 79.7 Å². The highest BCUT2D eigenvalue weighted by molar-refractivity contribution is 6.31. The molecule has 228 valence electrons. The Kier molecular flexibility index (Phi) is 10.2. The van der Waals surface area contributed by atoms with Gasteiger partial charge in [-0.1, -0.05) is 29.8 Å². The number of benzene rings is 1. The first-order valence-electron chi connectivity index (χ1n) is 15.1. The van der Waals surface area contributed by atoms with Crippen LogP contribution < -0.4 is 10.6 Å². The van der Waals surface area contributed by atoms with Gasteiger partial charge in [0.15, 0.2) is 0 Å². The third kappa shape index (κ3) is 7.16. The molecule has 4 bridgehead atoms. The predicted molar refractivity (Wildman–Crippen MR) is 161 cm³/mol. The number of aliphatic hydroxyl groups excluding tert-OH is 4. The van der Waals surface area contributed by atoms with Crippen LogP contribution in [0.15, 0.2) is 30.5 Å². The maximum absolute atomic E-state index is 10.0. The van der Waals surface area contributed by atoms with E-state index in [2.05, 4.69) is 31.6 Å². The van der Waals surface area contributed by atoms with Crippen LogP contribution in [0.4, 0.5) is 11.8 Å². The zero-order valence-corrected chi connectivity index (χ0v) is 24.8. The van der Waals surface area contributed by atoms with E-state index in [-0.39, 0.29) is 18.6 Å². The maximum atomic E-state index is 10.0. The van der Waals surface area contributed by atoms with Gasteiger partial charge in [-0.3, -0.25) is 4.90 Å². The molecule has 1 aromatic heterocycles. The standard InChI is InChI=1S/C31H43ClN6O4/c32-27-4-2-1-3-21(27)15-34-30-35-16-24(14-33)29(37-30)36-19-31-11-20-9-22(12-31)28(23(10-20)13-31)38(7-5-25(41)17-39)8-6-26(42)18-40/h1-4,16,20,22-23,25-26,28,39-42H,5-13,15,17-19H2,(H2,34,35,36,37)/t20?,22-,23+,25-,26-,28-,31-/m0/s1. The molecule has 4 aliphatic rings. The van der Waals surface area contributed by atoms with Gasteiger partial charge in [0.25, 0.3) is 0 Å². The quantitative estimate of drug-likeness (QED) is 0.180. The molecular weight excluding hydrogens is 556 g/mol. The largest absolute Gasteiger partial charge is 0.394 e. The molecule has 42 heavy (non-hydrogen) atoms. The number of hydrogen-bond donors (Lipinski definition) is 6. The van der Waals surface area contributed by atoms with Crippen LogP contribution in [0.5, 0.6) is 0 Å². The molecule has 4 saturated carbocycles. The minimum atomic E-state index is -0.756. The number of aromatic nitrogens is 2. The number of anilines is 2. The maximum Gasteiger partial charge on any atom is 0.224 e. The summed E-state index contributed by atoms with van der Waals surface area (Å²) in [4.78, 5) is 11.4. The Morgan fingerprint density at radius 2 is 1.69 bits per heavy atom. The van der Waals surface area contributed by atoms with Crippen molar-refractivity contribution in [3.8, 4) is 6.07 Å². The van der Waals surface area contributed by atoms with Crippen molar-refractivity contribution in [3.63, 3.8) is 0 Å². The molecule has 2 aromatic rings. The van der Waals surface area contributed by atoms with Gasteiger partial charge in [-0.25, -0.2) is 4.98 Å². The third-order valence-electron chi connectivity index (χ3n) is 9.63. The van der Waals surface area contributed by atoms with E-state index >= 15 is 0 Å². The molecule has 0 radical (unpaired) electrons. The number of hydrogen-bond acceptors (Lipinski definition) is 10. The number of halogens is 1. The first-order valence-corrected chi connectivity index (χ1v) is 15.5. The number of rotatable bonds is 15. The molecule has 7 atom stereocenters. The van der Waals surface area contributed by atoms with Gasteiger partial charge in [0, 0.05) is 37.2 Å². The van der Waals surface area contributed by atoms with Crippen LogP contribution in [0.25, 0.3) is 0 Å². The van der Waals surface area contributed by atoms with E-state index in [1.54, 1.807) is 6.20 Å². The van der Waals surface area contributed by atoms with Crippen molar-refractivity contribution >= 4 is 23.4 Å². The second-order valence-corrected chi connectivity index (χ2v) is 13.0. The van der Waals surface area contributed by atoms with Crippen LogP contribution >= 0.6 is 11.6 Å². The van der Waals surface area contributed by atoms with Gasteiger partial charge in [-0.15, -0.1) is 0 Å². The molecule has 1 heterocycles. The molecule has 11 heteroatoms. The summed E-state index contributed by atoms with van der Waals surface area (Å²) in [6.07, 6.45) is 6.67. The topological polar surface area (TPSA) is 158 Å². The van der Waals surface area contributed by atoms with E-state index < -0.39 is 12.2 Å². The molecule has 1 aromatic carbocycles. The molecule has 4 fully saturated rings. The number of nitrogens with zero attached hydrogens (tertiary/aromatic N) is 4. The number of aliphatic hydroxyl groups is 4. The number of nitrogens with one attached hydrogen (secondary N) is 2. The summed E-state index contributed by atoms with van der Waals surface area (Å²) < 4.78 is 0. The van der Waals surface area contributed by atoms with E-state index in [1.807, 2.05) is 24.3 Å². The minimum absolute atomic E-state index is 0.122. The summed E-state index contributed by atoms with van der Waals surface area (Å²) in [6, 6.07) is 10.2. The van der Waals surface area contributed by atoms with E-state index in [0.717, 1.165) is 31.4 Å². The Hall–Kier alpha value is -2.52. The highest BCUT2D eigenvalue weighted by Gasteiger charge is 2.56. The van der Waals surface area contributed by atoms with Crippen LogP contribution in [0.3, 0.4) is 0 Å². The summed E-state index contributed by atoms with van der Waals surface area (Å²) in [6.45, 7) is 2.01. The van der Waals surface area contributed by atoms with Crippen molar-refractivity contribution in [2.24, 2.45) is 23.2 Å².